The summed E-state index contributed by atoms with van der Waals surface area (Å²) in [6.45, 7) is 0. The van der Waals surface area contributed by atoms with Crippen molar-refractivity contribution in [3.05, 3.63) is 45.2 Å². The van der Waals surface area contributed by atoms with E-state index in [1.807, 2.05) is 23.6 Å². The Labute approximate surface area is 119 Å². The van der Waals surface area contributed by atoms with Crippen LogP contribution in [0.3, 0.4) is 0 Å². The van der Waals surface area contributed by atoms with Crippen LogP contribution in [0.5, 0.6) is 0 Å². The van der Waals surface area contributed by atoms with Crippen LogP contribution in [-0.2, 0) is 11.2 Å². The normalized spacial score (nSPS) is 10.3. The lowest BCUT2D eigenvalue weighted by Gasteiger charge is -2.16. The van der Waals surface area contributed by atoms with Crippen molar-refractivity contribution in [3.8, 4) is 0 Å². The number of hydrogen-bond donors (Lipinski definition) is 0. The molecule has 0 fully saturated rings. The smallest absolute Gasteiger partial charge is 0.228 e. The highest BCUT2D eigenvalue weighted by molar-refractivity contribution is 9.10. The molecule has 0 saturated carbocycles. The zero-order valence-corrected chi connectivity index (χ0v) is 12.4. The third kappa shape index (κ3) is 3.40. The molecule has 0 aromatic carbocycles. The Kier molecular flexibility index (Phi) is 4.49. The van der Waals surface area contributed by atoms with E-state index in [4.69, 9.17) is 0 Å². The first-order valence-electron chi connectivity index (χ1n) is 5.57. The lowest BCUT2D eigenvalue weighted by molar-refractivity contribution is -0.118. The molecular weight excluding hydrogens is 312 g/mol. The third-order valence-electron chi connectivity index (χ3n) is 2.59. The first kappa shape index (κ1) is 13.2. The summed E-state index contributed by atoms with van der Waals surface area (Å²) < 4.78 is 0.922. The Morgan fingerprint density at radius 3 is 3.00 bits per heavy atom. The second kappa shape index (κ2) is 6.11. The molecule has 3 nitrogen and oxygen atoms in total. The average molecular weight is 325 g/mol. The van der Waals surface area contributed by atoms with Gasteiger partial charge in [0.05, 0.1) is 0 Å². The van der Waals surface area contributed by atoms with Crippen molar-refractivity contribution in [3.63, 3.8) is 0 Å². The van der Waals surface area contributed by atoms with E-state index in [1.54, 1.807) is 29.5 Å². The van der Waals surface area contributed by atoms with Crippen molar-refractivity contribution < 1.29 is 4.79 Å². The van der Waals surface area contributed by atoms with E-state index in [1.165, 1.54) is 4.88 Å². The molecule has 5 heteroatoms. The van der Waals surface area contributed by atoms with Crippen molar-refractivity contribution in [1.29, 1.82) is 0 Å². The lowest BCUT2D eigenvalue weighted by atomic mass is 10.2. The number of halogens is 1. The summed E-state index contributed by atoms with van der Waals surface area (Å²) in [5.74, 6) is 0.745. The Hall–Kier alpha value is -1.20. The molecule has 0 spiro atoms. The Morgan fingerprint density at radius 1 is 1.50 bits per heavy atom. The molecule has 0 aliphatic carbocycles. The fraction of sp³-hybridized carbons (Fsp3) is 0.231. The number of amides is 1. The minimum atomic E-state index is 0.0778. The Bertz CT molecular complexity index is 528. The molecule has 0 bridgehead atoms. The summed E-state index contributed by atoms with van der Waals surface area (Å²) >= 11 is 5.05. The molecule has 0 atom stereocenters. The molecular formula is C13H13BrN2OS. The second-order valence-electron chi connectivity index (χ2n) is 3.86. The summed E-state index contributed by atoms with van der Waals surface area (Å²) in [5, 5.41) is 2.03. The number of aryl methyl sites for hydroxylation is 1. The van der Waals surface area contributed by atoms with Gasteiger partial charge in [0.25, 0.3) is 0 Å². The van der Waals surface area contributed by atoms with Crippen molar-refractivity contribution in [2.45, 2.75) is 12.8 Å². The summed E-state index contributed by atoms with van der Waals surface area (Å²) in [7, 11) is 1.76. The highest BCUT2D eigenvalue weighted by Gasteiger charge is 2.12. The molecule has 0 N–H and O–H groups in total. The number of thiophene rings is 1. The highest BCUT2D eigenvalue weighted by Crippen LogP contribution is 2.17. The zero-order chi connectivity index (χ0) is 13.0. The minimum Gasteiger partial charge on any atom is -0.300 e. The van der Waals surface area contributed by atoms with E-state index in [-0.39, 0.29) is 5.91 Å². The predicted molar refractivity (Wildman–Crippen MR) is 78.0 cm³/mol. The molecule has 0 aliphatic rings. The molecule has 94 valence electrons. The molecule has 18 heavy (non-hydrogen) atoms. The predicted octanol–water partition coefficient (Wildman–Crippen LogP) is 3.50. The van der Waals surface area contributed by atoms with Gasteiger partial charge in [-0.3, -0.25) is 9.69 Å². The standard InChI is InChI=1S/C13H13BrN2OS/c1-16(12-9-10(14)6-7-15-12)13(17)5-4-11-3-2-8-18-11/h2-3,6-9H,4-5H2,1H3. The van der Waals surface area contributed by atoms with Gasteiger partial charge in [0.2, 0.25) is 5.91 Å². The quantitative estimate of drug-likeness (QED) is 0.862. The van der Waals surface area contributed by atoms with E-state index in [0.29, 0.717) is 12.2 Å². The van der Waals surface area contributed by atoms with E-state index in [0.717, 1.165) is 10.9 Å². The lowest BCUT2D eigenvalue weighted by Crippen LogP contribution is -2.27. The number of hydrogen-bond acceptors (Lipinski definition) is 3. The van der Waals surface area contributed by atoms with Crippen LogP contribution in [0, 0.1) is 0 Å². The molecule has 0 aliphatic heterocycles. The Balaban J connectivity index is 1.96. The number of anilines is 1. The molecule has 1 amide bonds. The van der Waals surface area contributed by atoms with Gasteiger partial charge in [-0.2, -0.15) is 0 Å². The summed E-state index contributed by atoms with van der Waals surface area (Å²) in [4.78, 5) is 19.0. The van der Waals surface area contributed by atoms with Crippen LogP contribution in [0.25, 0.3) is 0 Å². The molecule has 0 saturated heterocycles. The van der Waals surface area contributed by atoms with Crippen LogP contribution >= 0.6 is 27.3 Å². The van der Waals surface area contributed by atoms with Gasteiger partial charge in [0.1, 0.15) is 5.82 Å². The maximum Gasteiger partial charge on any atom is 0.228 e. The van der Waals surface area contributed by atoms with Gasteiger partial charge >= 0.3 is 0 Å². The number of carbonyl (C=O) groups excluding carboxylic acids is 1. The maximum atomic E-state index is 12.0. The third-order valence-corrected chi connectivity index (χ3v) is 4.02. The van der Waals surface area contributed by atoms with Crippen LogP contribution in [-0.4, -0.2) is 17.9 Å². The highest BCUT2D eigenvalue weighted by atomic mass is 79.9. The molecule has 0 radical (unpaired) electrons. The van der Waals surface area contributed by atoms with Crippen LogP contribution in [0.4, 0.5) is 5.82 Å². The SMILES string of the molecule is CN(C(=O)CCc1cccs1)c1cc(Br)ccn1. The minimum absolute atomic E-state index is 0.0778. The monoisotopic (exact) mass is 324 g/mol. The first-order valence-corrected chi connectivity index (χ1v) is 7.24. The van der Waals surface area contributed by atoms with E-state index in [2.05, 4.69) is 27.0 Å². The Morgan fingerprint density at radius 2 is 2.33 bits per heavy atom. The zero-order valence-electron chi connectivity index (χ0n) is 9.97. The number of nitrogens with zero attached hydrogens (tertiary/aromatic N) is 2. The van der Waals surface area contributed by atoms with Crippen molar-refractivity contribution in [1.82, 2.24) is 4.98 Å². The number of carbonyl (C=O) groups is 1. The fourth-order valence-electron chi connectivity index (χ4n) is 1.56. The number of aromatic nitrogens is 1. The molecule has 2 heterocycles. The average Bonchev–Trinajstić information content (AvgIpc) is 2.88. The summed E-state index contributed by atoms with van der Waals surface area (Å²) in [6, 6.07) is 7.73. The van der Waals surface area contributed by atoms with Gasteiger partial charge in [-0.15, -0.1) is 11.3 Å². The van der Waals surface area contributed by atoms with Crippen LogP contribution < -0.4 is 4.90 Å². The van der Waals surface area contributed by atoms with Gasteiger partial charge < -0.3 is 0 Å². The van der Waals surface area contributed by atoms with Crippen LogP contribution in [0.1, 0.15) is 11.3 Å². The van der Waals surface area contributed by atoms with Crippen molar-refractivity contribution in [2.75, 3.05) is 11.9 Å². The number of pyridine rings is 1. The van der Waals surface area contributed by atoms with Crippen molar-refractivity contribution in [2.24, 2.45) is 0 Å². The summed E-state index contributed by atoms with van der Waals surface area (Å²) in [5.41, 5.74) is 0. The largest absolute Gasteiger partial charge is 0.300 e. The first-order chi connectivity index (χ1) is 8.66. The topological polar surface area (TPSA) is 33.2 Å². The van der Waals surface area contributed by atoms with Gasteiger partial charge in [0.15, 0.2) is 0 Å². The molecule has 0 unspecified atom stereocenters. The van der Waals surface area contributed by atoms with E-state index in [9.17, 15) is 4.79 Å². The van der Waals surface area contributed by atoms with Gasteiger partial charge in [0, 0.05) is 29.0 Å². The van der Waals surface area contributed by atoms with Crippen molar-refractivity contribution >= 4 is 39.0 Å². The second-order valence-corrected chi connectivity index (χ2v) is 5.81. The molecule has 2 aromatic rings. The van der Waals surface area contributed by atoms with Crippen LogP contribution in [0.15, 0.2) is 40.3 Å². The van der Waals surface area contributed by atoms with Crippen LogP contribution in [0.2, 0.25) is 0 Å². The molecule has 2 aromatic heterocycles. The van der Waals surface area contributed by atoms with Gasteiger partial charge in [-0.1, -0.05) is 22.0 Å². The van der Waals surface area contributed by atoms with E-state index >= 15 is 0 Å². The maximum absolute atomic E-state index is 12.0. The molecule has 2 rings (SSSR count). The van der Waals surface area contributed by atoms with E-state index < -0.39 is 0 Å². The fourth-order valence-corrected chi connectivity index (χ4v) is 2.59. The van der Waals surface area contributed by atoms with Gasteiger partial charge in [-0.05, 0) is 30.0 Å². The van der Waals surface area contributed by atoms with Gasteiger partial charge in [-0.25, -0.2) is 4.98 Å². The number of rotatable bonds is 4. The summed E-state index contributed by atoms with van der Waals surface area (Å²) in [6.07, 6.45) is 2.97.